The Morgan fingerprint density at radius 2 is 1.84 bits per heavy atom. The van der Waals surface area contributed by atoms with Gasteiger partial charge in [-0.05, 0) is 38.1 Å². The van der Waals surface area contributed by atoms with Gasteiger partial charge in [-0.15, -0.1) is 20.4 Å². The molecule has 0 aliphatic carbocycles. The lowest BCUT2D eigenvalue weighted by Gasteiger charge is -2.01. The van der Waals surface area contributed by atoms with E-state index in [1.54, 1.807) is 18.4 Å². The van der Waals surface area contributed by atoms with Crippen LogP contribution in [0.2, 0.25) is 0 Å². The van der Waals surface area contributed by atoms with E-state index < -0.39 is 0 Å². The van der Waals surface area contributed by atoms with Crippen molar-refractivity contribution in [1.29, 1.82) is 0 Å². The van der Waals surface area contributed by atoms with Crippen LogP contribution in [0.25, 0.3) is 23.1 Å². The van der Waals surface area contributed by atoms with Gasteiger partial charge in [0, 0.05) is 5.56 Å². The Bertz CT molecular complexity index is 977. The van der Waals surface area contributed by atoms with Gasteiger partial charge in [0.2, 0.25) is 11.8 Å². The predicted octanol–water partition coefficient (Wildman–Crippen LogP) is 4.54. The van der Waals surface area contributed by atoms with Gasteiger partial charge in [0.1, 0.15) is 0 Å². The minimum Gasteiger partial charge on any atom is -0.459 e. The van der Waals surface area contributed by atoms with Gasteiger partial charge in [-0.3, -0.25) is 0 Å². The van der Waals surface area contributed by atoms with Gasteiger partial charge >= 0.3 is 0 Å². The summed E-state index contributed by atoms with van der Waals surface area (Å²) in [6, 6.07) is 11.4. The average molecular weight is 354 g/mol. The fourth-order valence-corrected chi connectivity index (χ4v) is 2.97. The zero-order valence-corrected chi connectivity index (χ0v) is 14.4. The van der Waals surface area contributed by atoms with Crippen molar-refractivity contribution < 1.29 is 13.3 Å². The summed E-state index contributed by atoms with van der Waals surface area (Å²) >= 11 is 1.35. The maximum absolute atomic E-state index is 5.79. The Balaban J connectivity index is 1.49. The predicted molar refractivity (Wildman–Crippen MR) is 90.7 cm³/mol. The first kappa shape index (κ1) is 15.6. The second kappa shape index (κ2) is 6.56. The van der Waals surface area contributed by atoms with Crippen molar-refractivity contribution in [3.63, 3.8) is 0 Å². The minimum absolute atomic E-state index is 0.129. The highest BCUT2D eigenvalue weighted by atomic mass is 32.2. The van der Waals surface area contributed by atoms with Gasteiger partial charge in [-0.1, -0.05) is 29.5 Å². The lowest BCUT2D eigenvalue weighted by Crippen LogP contribution is -1.88. The Labute approximate surface area is 147 Å². The molecule has 0 saturated carbocycles. The third kappa shape index (κ3) is 3.34. The van der Waals surface area contributed by atoms with E-state index in [9.17, 15) is 0 Å². The average Bonchev–Trinajstić information content (AvgIpc) is 3.35. The van der Waals surface area contributed by atoms with Crippen LogP contribution >= 0.6 is 11.8 Å². The monoisotopic (exact) mass is 354 g/mol. The molecule has 0 radical (unpaired) electrons. The van der Waals surface area contributed by atoms with Crippen LogP contribution in [0.1, 0.15) is 23.6 Å². The molecule has 4 rings (SSSR count). The van der Waals surface area contributed by atoms with Crippen molar-refractivity contribution in [2.75, 3.05) is 0 Å². The molecule has 4 aromatic rings. The van der Waals surface area contributed by atoms with Crippen LogP contribution in [0.4, 0.5) is 0 Å². The number of aryl methyl sites for hydroxylation is 1. The van der Waals surface area contributed by atoms with Gasteiger partial charge in [0.05, 0.1) is 11.5 Å². The molecule has 1 atom stereocenters. The Morgan fingerprint density at radius 3 is 2.64 bits per heavy atom. The molecule has 0 aliphatic rings. The Kier molecular flexibility index (Phi) is 4.10. The first-order valence-corrected chi connectivity index (χ1v) is 8.51. The third-order valence-electron chi connectivity index (χ3n) is 3.47. The number of furan rings is 1. The molecule has 126 valence electrons. The molecule has 0 fully saturated rings. The van der Waals surface area contributed by atoms with Crippen LogP contribution < -0.4 is 0 Å². The number of hydrogen-bond acceptors (Lipinski definition) is 8. The highest BCUT2D eigenvalue weighted by Gasteiger charge is 2.20. The van der Waals surface area contributed by atoms with E-state index in [4.69, 9.17) is 13.3 Å². The molecule has 1 unspecified atom stereocenters. The van der Waals surface area contributed by atoms with Gasteiger partial charge in [0.15, 0.2) is 5.76 Å². The zero-order chi connectivity index (χ0) is 17.2. The standard InChI is InChI=1S/C17H14N4O3S/c1-10-5-3-6-12(9-10)15-19-18-14(23-15)11(2)25-17-21-20-16(24-17)13-7-4-8-22-13/h3-9,11H,1-2H3. The molecular weight excluding hydrogens is 340 g/mol. The summed E-state index contributed by atoms with van der Waals surface area (Å²) in [6.07, 6.45) is 1.56. The second-order valence-electron chi connectivity index (χ2n) is 5.43. The van der Waals surface area contributed by atoms with Crippen LogP contribution in [0.3, 0.4) is 0 Å². The molecule has 0 aliphatic heterocycles. The second-order valence-corrected chi connectivity index (χ2v) is 6.72. The highest BCUT2D eigenvalue weighted by molar-refractivity contribution is 7.99. The van der Waals surface area contributed by atoms with Crippen LogP contribution in [0, 0.1) is 6.92 Å². The van der Waals surface area contributed by atoms with E-state index in [0.29, 0.717) is 28.7 Å². The van der Waals surface area contributed by atoms with Crippen LogP contribution in [0.5, 0.6) is 0 Å². The van der Waals surface area contributed by atoms with Gasteiger partial charge in [-0.25, -0.2) is 0 Å². The summed E-state index contributed by atoms with van der Waals surface area (Å²) < 4.78 is 16.6. The molecule has 0 N–H and O–H groups in total. The topological polar surface area (TPSA) is 91.0 Å². The summed E-state index contributed by atoms with van der Waals surface area (Å²) in [5.74, 6) is 1.87. The van der Waals surface area contributed by atoms with Crippen LogP contribution in [-0.4, -0.2) is 20.4 Å². The van der Waals surface area contributed by atoms with Crippen LogP contribution in [0.15, 0.2) is 61.1 Å². The summed E-state index contributed by atoms with van der Waals surface area (Å²) in [5, 5.41) is 16.5. The van der Waals surface area contributed by atoms with Crippen molar-refractivity contribution >= 4 is 11.8 Å². The van der Waals surface area contributed by atoms with Crippen molar-refractivity contribution in [3.8, 4) is 23.1 Å². The quantitative estimate of drug-likeness (QED) is 0.482. The summed E-state index contributed by atoms with van der Waals surface area (Å²) in [4.78, 5) is 0. The summed E-state index contributed by atoms with van der Waals surface area (Å²) in [5.41, 5.74) is 2.03. The van der Waals surface area contributed by atoms with Crippen molar-refractivity contribution in [2.24, 2.45) is 0 Å². The molecule has 3 aromatic heterocycles. The highest BCUT2D eigenvalue weighted by Crippen LogP contribution is 2.35. The molecule has 3 heterocycles. The molecule has 0 bridgehead atoms. The van der Waals surface area contributed by atoms with E-state index in [-0.39, 0.29) is 5.25 Å². The molecule has 1 aromatic carbocycles. The minimum atomic E-state index is -0.129. The zero-order valence-electron chi connectivity index (χ0n) is 13.5. The van der Waals surface area contributed by atoms with E-state index in [2.05, 4.69) is 20.4 Å². The van der Waals surface area contributed by atoms with E-state index in [0.717, 1.165) is 11.1 Å². The fourth-order valence-electron chi connectivity index (χ4n) is 2.25. The molecule has 25 heavy (non-hydrogen) atoms. The summed E-state index contributed by atoms with van der Waals surface area (Å²) in [7, 11) is 0. The molecular formula is C17H14N4O3S. The van der Waals surface area contributed by atoms with Crippen LogP contribution in [-0.2, 0) is 0 Å². The normalized spacial score (nSPS) is 12.4. The van der Waals surface area contributed by atoms with E-state index >= 15 is 0 Å². The van der Waals surface area contributed by atoms with Gasteiger partial charge in [-0.2, -0.15) is 0 Å². The van der Waals surface area contributed by atoms with Crippen molar-refractivity contribution in [3.05, 3.63) is 54.1 Å². The summed E-state index contributed by atoms with van der Waals surface area (Å²) in [6.45, 7) is 3.96. The Morgan fingerprint density at radius 1 is 0.960 bits per heavy atom. The SMILES string of the molecule is Cc1cccc(-c2nnc(C(C)Sc3nnc(-c4ccco4)o3)o2)c1. The molecule has 7 nitrogen and oxygen atoms in total. The molecule has 8 heteroatoms. The number of thioether (sulfide) groups is 1. The molecule has 0 amide bonds. The number of benzene rings is 1. The van der Waals surface area contributed by atoms with E-state index in [1.165, 1.54) is 11.8 Å². The largest absolute Gasteiger partial charge is 0.459 e. The smallest absolute Gasteiger partial charge is 0.284 e. The van der Waals surface area contributed by atoms with Gasteiger partial charge in [0.25, 0.3) is 11.1 Å². The first-order chi connectivity index (χ1) is 12.2. The molecule has 0 saturated heterocycles. The Hall–Kier alpha value is -2.87. The first-order valence-electron chi connectivity index (χ1n) is 7.63. The lowest BCUT2D eigenvalue weighted by molar-refractivity contribution is 0.444. The molecule has 0 spiro atoms. The lowest BCUT2D eigenvalue weighted by atomic mass is 10.1. The van der Waals surface area contributed by atoms with Crippen molar-refractivity contribution in [2.45, 2.75) is 24.3 Å². The van der Waals surface area contributed by atoms with Crippen molar-refractivity contribution in [1.82, 2.24) is 20.4 Å². The number of hydrogen-bond donors (Lipinski definition) is 0. The maximum Gasteiger partial charge on any atom is 0.284 e. The third-order valence-corrected chi connectivity index (χ3v) is 4.39. The number of rotatable bonds is 5. The maximum atomic E-state index is 5.79. The van der Waals surface area contributed by atoms with E-state index in [1.807, 2.05) is 38.1 Å². The van der Waals surface area contributed by atoms with Gasteiger partial charge < -0.3 is 13.3 Å². The number of nitrogens with zero attached hydrogens (tertiary/aromatic N) is 4. The fraction of sp³-hybridized carbons (Fsp3) is 0.176. The number of aromatic nitrogens is 4.